The van der Waals surface area contributed by atoms with Crippen LogP contribution in [0.5, 0.6) is 0 Å². The summed E-state index contributed by atoms with van der Waals surface area (Å²) in [5.74, 6) is -2.69. The van der Waals surface area contributed by atoms with E-state index in [9.17, 15) is 24.5 Å². The maximum atomic E-state index is 12.0. The molecule has 8 nitrogen and oxygen atoms in total. The van der Waals surface area contributed by atoms with Crippen molar-refractivity contribution in [2.24, 2.45) is 17.8 Å². The number of nitrogens with one attached hydrogen (secondary N) is 1. The number of carbonyl (C=O) groups is 3. The molecule has 1 saturated carbocycles. The summed E-state index contributed by atoms with van der Waals surface area (Å²) in [5.41, 5.74) is 1.73. The number of aryl methyl sites for hydroxylation is 1. The third-order valence-electron chi connectivity index (χ3n) is 4.94. The van der Waals surface area contributed by atoms with Gasteiger partial charge in [0.1, 0.15) is 5.78 Å². The minimum atomic E-state index is -0.720. The molecule has 0 saturated heterocycles. The summed E-state index contributed by atoms with van der Waals surface area (Å²) in [6.45, 7) is 2.98. The molecule has 3 atom stereocenters. The summed E-state index contributed by atoms with van der Waals surface area (Å²) in [7, 11) is 0. The number of nitro groups is 1. The molecule has 8 heteroatoms. The second-order valence-corrected chi connectivity index (χ2v) is 6.90. The van der Waals surface area contributed by atoms with Gasteiger partial charge in [0.25, 0.3) is 5.91 Å². The van der Waals surface area contributed by atoms with Crippen LogP contribution >= 0.6 is 0 Å². The van der Waals surface area contributed by atoms with Crippen molar-refractivity contribution in [1.29, 1.82) is 0 Å². The summed E-state index contributed by atoms with van der Waals surface area (Å²) in [6, 6.07) is 7.31. The molecule has 1 aliphatic rings. The molecule has 1 aliphatic carbocycles. The summed E-state index contributed by atoms with van der Waals surface area (Å²) in [4.78, 5) is 46.3. The van der Waals surface area contributed by atoms with Crippen molar-refractivity contribution >= 4 is 23.3 Å². The number of hydrogen-bond acceptors (Lipinski definition) is 6. The van der Waals surface area contributed by atoms with Crippen LogP contribution in [0, 0.1) is 27.9 Å². The molecule has 0 aliphatic heterocycles. The van der Waals surface area contributed by atoms with Crippen LogP contribution in [0.2, 0.25) is 0 Å². The molecular formula is C19H24N2O6. The topological polar surface area (TPSA) is 116 Å². The number of benzene rings is 1. The molecule has 27 heavy (non-hydrogen) atoms. The number of ether oxygens (including phenoxy) is 1. The van der Waals surface area contributed by atoms with Crippen molar-refractivity contribution in [3.63, 3.8) is 0 Å². The highest BCUT2D eigenvalue weighted by molar-refractivity contribution is 5.93. The maximum absolute atomic E-state index is 12.0. The monoisotopic (exact) mass is 376 g/mol. The highest BCUT2D eigenvalue weighted by atomic mass is 16.6. The highest BCUT2D eigenvalue weighted by Gasteiger charge is 2.44. The molecule has 0 bridgehead atoms. The number of ketones is 1. The number of hydrogen-bond donors (Lipinski definition) is 1. The normalized spacial score (nSPS) is 21.7. The molecule has 1 N–H and O–H groups in total. The van der Waals surface area contributed by atoms with Gasteiger partial charge in [0.15, 0.2) is 6.61 Å². The van der Waals surface area contributed by atoms with Gasteiger partial charge in [-0.15, -0.1) is 0 Å². The van der Waals surface area contributed by atoms with E-state index in [1.54, 1.807) is 19.1 Å². The SMILES string of the molecule is CCc1ccc(NC(=O)COC(=O)C[C@H]2C(=O)C[C@@H](C)[C@@H]2C[N+](=O)[O-])cc1. The highest BCUT2D eigenvalue weighted by Crippen LogP contribution is 2.36. The Bertz CT molecular complexity index is 715. The molecule has 0 unspecified atom stereocenters. The lowest BCUT2D eigenvalue weighted by Gasteiger charge is -2.17. The van der Waals surface area contributed by atoms with E-state index >= 15 is 0 Å². The lowest BCUT2D eigenvalue weighted by molar-refractivity contribution is -0.490. The summed E-state index contributed by atoms with van der Waals surface area (Å²) in [6.07, 6.45) is 0.882. The fourth-order valence-corrected chi connectivity index (χ4v) is 3.41. The lowest BCUT2D eigenvalue weighted by atomic mass is 9.88. The average Bonchev–Trinajstić information content (AvgIpc) is 2.87. The van der Waals surface area contributed by atoms with Crippen molar-refractivity contribution in [2.75, 3.05) is 18.5 Å². The van der Waals surface area contributed by atoms with Gasteiger partial charge in [-0.2, -0.15) is 0 Å². The Labute approximate surface area is 157 Å². The van der Waals surface area contributed by atoms with Crippen LogP contribution in [0.25, 0.3) is 0 Å². The van der Waals surface area contributed by atoms with Gasteiger partial charge >= 0.3 is 5.97 Å². The second-order valence-electron chi connectivity index (χ2n) is 6.90. The van der Waals surface area contributed by atoms with E-state index in [0.29, 0.717) is 5.69 Å². The van der Waals surface area contributed by atoms with Crippen LogP contribution < -0.4 is 5.32 Å². The summed E-state index contributed by atoms with van der Waals surface area (Å²) >= 11 is 0. The Morgan fingerprint density at radius 1 is 1.30 bits per heavy atom. The van der Waals surface area contributed by atoms with E-state index in [1.807, 2.05) is 19.1 Å². The lowest BCUT2D eigenvalue weighted by Crippen LogP contribution is -2.28. The van der Waals surface area contributed by atoms with Crippen LogP contribution in [0.4, 0.5) is 5.69 Å². The van der Waals surface area contributed by atoms with Crippen molar-refractivity contribution in [1.82, 2.24) is 0 Å². The number of Topliss-reactive ketones (excluding diaryl/α,β-unsaturated/α-hetero) is 1. The zero-order valence-electron chi connectivity index (χ0n) is 15.5. The van der Waals surface area contributed by atoms with Gasteiger partial charge < -0.3 is 10.1 Å². The van der Waals surface area contributed by atoms with Gasteiger partial charge in [0.05, 0.1) is 6.42 Å². The van der Waals surface area contributed by atoms with E-state index in [-0.39, 0.29) is 31.1 Å². The Morgan fingerprint density at radius 3 is 2.56 bits per heavy atom. The van der Waals surface area contributed by atoms with Gasteiger partial charge in [-0.1, -0.05) is 26.0 Å². The third kappa shape index (κ3) is 5.87. The molecule has 1 aromatic carbocycles. The molecule has 146 valence electrons. The predicted molar refractivity (Wildman–Crippen MR) is 97.7 cm³/mol. The molecule has 0 heterocycles. The number of nitrogens with zero attached hydrogens (tertiary/aromatic N) is 1. The van der Waals surface area contributed by atoms with Crippen LogP contribution in [0.15, 0.2) is 24.3 Å². The Morgan fingerprint density at radius 2 is 1.96 bits per heavy atom. The molecule has 1 aromatic rings. The Kier molecular flexibility index (Phi) is 7.04. The second kappa shape index (κ2) is 9.25. The molecule has 1 amide bonds. The molecule has 0 radical (unpaired) electrons. The fourth-order valence-electron chi connectivity index (χ4n) is 3.41. The first-order valence-electron chi connectivity index (χ1n) is 8.99. The summed E-state index contributed by atoms with van der Waals surface area (Å²) < 4.78 is 4.95. The van der Waals surface area contributed by atoms with Crippen molar-refractivity contribution < 1.29 is 24.0 Å². The van der Waals surface area contributed by atoms with Crippen molar-refractivity contribution in [3.8, 4) is 0 Å². The molecule has 0 aromatic heterocycles. The third-order valence-corrected chi connectivity index (χ3v) is 4.94. The van der Waals surface area contributed by atoms with E-state index in [4.69, 9.17) is 4.74 Å². The van der Waals surface area contributed by atoms with Gasteiger partial charge in [0, 0.05) is 28.9 Å². The first-order chi connectivity index (χ1) is 12.8. The minimum absolute atomic E-state index is 0.143. The van der Waals surface area contributed by atoms with Crippen LogP contribution in [-0.2, 0) is 25.5 Å². The molecule has 1 fully saturated rings. The fraction of sp³-hybridized carbons (Fsp3) is 0.526. The van der Waals surface area contributed by atoms with Gasteiger partial charge in [-0.05, 0) is 30.0 Å². The average molecular weight is 376 g/mol. The minimum Gasteiger partial charge on any atom is -0.456 e. The van der Waals surface area contributed by atoms with Crippen molar-refractivity contribution in [3.05, 3.63) is 39.9 Å². The standard InChI is InChI=1S/C19H24N2O6/c1-3-13-4-6-14(7-5-13)20-18(23)11-27-19(24)9-15-16(10-21(25)26)12(2)8-17(15)22/h4-7,12,15-16H,3,8-11H2,1-2H3,(H,20,23)/t12-,15-,16+/m1/s1. The molecule has 2 rings (SSSR count). The van der Waals surface area contributed by atoms with E-state index in [0.717, 1.165) is 12.0 Å². The zero-order chi connectivity index (χ0) is 20.0. The summed E-state index contributed by atoms with van der Waals surface area (Å²) in [5, 5.41) is 13.4. The smallest absolute Gasteiger partial charge is 0.307 e. The van der Waals surface area contributed by atoms with Crippen LogP contribution in [0.3, 0.4) is 0 Å². The van der Waals surface area contributed by atoms with E-state index < -0.39 is 35.2 Å². The quantitative estimate of drug-likeness (QED) is 0.423. The van der Waals surface area contributed by atoms with Gasteiger partial charge in [-0.3, -0.25) is 24.5 Å². The largest absolute Gasteiger partial charge is 0.456 e. The Balaban J connectivity index is 1.82. The Hall–Kier alpha value is -2.77. The predicted octanol–water partition coefficient (Wildman–Crippen LogP) is 2.24. The number of carbonyl (C=O) groups excluding carboxylic acids is 3. The zero-order valence-corrected chi connectivity index (χ0v) is 15.5. The number of anilines is 1. The van der Waals surface area contributed by atoms with Gasteiger partial charge in [0.2, 0.25) is 6.54 Å². The first kappa shape index (κ1) is 20.5. The van der Waals surface area contributed by atoms with Crippen LogP contribution in [0.1, 0.15) is 32.3 Å². The number of rotatable bonds is 8. The maximum Gasteiger partial charge on any atom is 0.307 e. The number of esters is 1. The molecular weight excluding hydrogens is 352 g/mol. The van der Waals surface area contributed by atoms with Crippen molar-refractivity contribution in [2.45, 2.75) is 33.1 Å². The first-order valence-corrected chi connectivity index (χ1v) is 8.99. The van der Waals surface area contributed by atoms with Crippen LogP contribution in [-0.4, -0.2) is 35.7 Å². The molecule has 0 spiro atoms. The van der Waals surface area contributed by atoms with E-state index in [1.165, 1.54) is 0 Å². The van der Waals surface area contributed by atoms with E-state index in [2.05, 4.69) is 5.32 Å². The number of amides is 1. The van der Waals surface area contributed by atoms with Gasteiger partial charge in [-0.25, -0.2) is 0 Å².